The molecule has 0 aliphatic carbocycles. The SMILES string of the molecule is COCC(C)(CC(=O)O)NC(=O)Cc1cc(F)ccc1F. The summed E-state index contributed by atoms with van der Waals surface area (Å²) in [5.74, 6) is -3.06. The van der Waals surface area contributed by atoms with Gasteiger partial charge in [-0.25, -0.2) is 8.78 Å². The molecule has 1 aromatic carbocycles. The maximum Gasteiger partial charge on any atom is 0.305 e. The van der Waals surface area contributed by atoms with Crippen molar-refractivity contribution in [3.63, 3.8) is 0 Å². The molecule has 0 heterocycles. The number of nitrogens with one attached hydrogen (secondary N) is 1. The fraction of sp³-hybridized carbons (Fsp3) is 0.429. The number of halogens is 2. The molecule has 5 nitrogen and oxygen atoms in total. The van der Waals surface area contributed by atoms with E-state index < -0.39 is 29.0 Å². The number of hydrogen-bond donors (Lipinski definition) is 2. The molecular formula is C14H17F2NO4. The van der Waals surface area contributed by atoms with E-state index in [1.165, 1.54) is 14.0 Å². The molecule has 1 atom stereocenters. The maximum absolute atomic E-state index is 13.5. The summed E-state index contributed by atoms with van der Waals surface area (Å²) in [6.45, 7) is 1.49. The number of rotatable bonds is 7. The van der Waals surface area contributed by atoms with Crippen LogP contribution in [0, 0.1) is 11.6 Å². The van der Waals surface area contributed by atoms with Crippen LogP contribution < -0.4 is 5.32 Å². The van der Waals surface area contributed by atoms with Crippen molar-refractivity contribution >= 4 is 11.9 Å². The monoisotopic (exact) mass is 301 g/mol. The largest absolute Gasteiger partial charge is 0.481 e. The van der Waals surface area contributed by atoms with E-state index in [4.69, 9.17) is 9.84 Å². The Morgan fingerprint density at radius 1 is 1.38 bits per heavy atom. The molecule has 2 N–H and O–H groups in total. The molecule has 0 saturated carbocycles. The summed E-state index contributed by atoms with van der Waals surface area (Å²) in [6, 6.07) is 2.82. The van der Waals surface area contributed by atoms with Crippen molar-refractivity contribution in [2.24, 2.45) is 0 Å². The van der Waals surface area contributed by atoms with Gasteiger partial charge in [0.2, 0.25) is 5.91 Å². The van der Waals surface area contributed by atoms with Crippen LogP contribution in [0.1, 0.15) is 18.9 Å². The highest BCUT2D eigenvalue weighted by Crippen LogP contribution is 2.13. The number of benzene rings is 1. The molecular weight excluding hydrogens is 284 g/mol. The highest BCUT2D eigenvalue weighted by Gasteiger charge is 2.29. The van der Waals surface area contributed by atoms with Crippen molar-refractivity contribution in [1.82, 2.24) is 5.32 Å². The van der Waals surface area contributed by atoms with Crippen LogP contribution in [0.5, 0.6) is 0 Å². The van der Waals surface area contributed by atoms with Gasteiger partial charge in [0.05, 0.1) is 25.0 Å². The van der Waals surface area contributed by atoms with Crippen molar-refractivity contribution in [3.05, 3.63) is 35.4 Å². The van der Waals surface area contributed by atoms with Gasteiger partial charge in [0.15, 0.2) is 0 Å². The standard InChI is InChI=1S/C14H17F2NO4/c1-14(8-21-2,7-13(19)20)17-12(18)6-9-5-10(15)3-4-11(9)16/h3-5H,6-8H2,1-2H3,(H,17,18)(H,19,20). The predicted molar refractivity (Wildman–Crippen MR) is 70.7 cm³/mol. The Morgan fingerprint density at radius 2 is 2.05 bits per heavy atom. The Kier molecular flexibility index (Phi) is 5.78. The smallest absolute Gasteiger partial charge is 0.305 e. The van der Waals surface area contributed by atoms with Crippen LogP contribution in [0.4, 0.5) is 8.78 Å². The molecule has 1 rings (SSSR count). The quantitative estimate of drug-likeness (QED) is 0.800. The minimum atomic E-state index is -1.12. The minimum absolute atomic E-state index is 0.0172. The van der Waals surface area contributed by atoms with Crippen molar-refractivity contribution in [3.8, 4) is 0 Å². The molecule has 21 heavy (non-hydrogen) atoms. The summed E-state index contributed by atoms with van der Waals surface area (Å²) in [4.78, 5) is 22.7. The van der Waals surface area contributed by atoms with E-state index in [1.54, 1.807) is 0 Å². The second-order valence-electron chi connectivity index (χ2n) is 5.02. The Hall–Kier alpha value is -2.02. The fourth-order valence-corrected chi connectivity index (χ4v) is 2.02. The lowest BCUT2D eigenvalue weighted by molar-refractivity contribution is -0.139. The normalized spacial score (nSPS) is 13.5. The topological polar surface area (TPSA) is 75.6 Å². The molecule has 0 aromatic heterocycles. The second-order valence-corrected chi connectivity index (χ2v) is 5.02. The molecule has 0 bridgehead atoms. The van der Waals surface area contributed by atoms with Gasteiger partial charge in [-0.05, 0) is 25.1 Å². The first-order chi connectivity index (χ1) is 9.75. The summed E-state index contributed by atoms with van der Waals surface area (Å²) in [5, 5.41) is 11.3. The summed E-state index contributed by atoms with van der Waals surface area (Å²) < 4.78 is 31.4. The average molecular weight is 301 g/mol. The van der Waals surface area contributed by atoms with E-state index in [0.29, 0.717) is 0 Å². The zero-order chi connectivity index (χ0) is 16.0. The van der Waals surface area contributed by atoms with Crippen LogP contribution in [0.15, 0.2) is 18.2 Å². The zero-order valence-electron chi connectivity index (χ0n) is 11.8. The lowest BCUT2D eigenvalue weighted by atomic mass is 9.98. The highest BCUT2D eigenvalue weighted by atomic mass is 19.1. The fourth-order valence-electron chi connectivity index (χ4n) is 2.02. The van der Waals surface area contributed by atoms with E-state index in [1.807, 2.05) is 0 Å². The summed E-state index contributed by atoms with van der Waals surface area (Å²) in [5.41, 5.74) is -1.22. The Bertz CT molecular complexity index is 536. The van der Waals surface area contributed by atoms with E-state index in [9.17, 15) is 18.4 Å². The number of carboxylic acids is 1. The van der Waals surface area contributed by atoms with Crippen LogP contribution >= 0.6 is 0 Å². The third-order valence-electron chi connectivity index (χ3n) is 2.80. The average Bonchev–Trinajstić information content (AvgIpc) is 2.32. The molecule has 1 amide bonds. The van der Waals surface area contributed by atoms with Gasteiger partial charge in [0.1, 0.15) is 11.6 Å². The molecule has 116 valence electrons. The molecule has 0 radical (unpaired) electrons. The number of carboxylic acid groups (broad SMARTS) is 1. The summed E-state index contributed by atoms with van der Waals surface area (Å²) in [6.07, 6.45) is -0.735. The number of hydrogen-bond acceptors (Lipinski definition) is 3. The van der Waals surface area contributed by atoms with Crippen molar-refractivity contribution in [2.45, 2.75) is 25.3 Å². The van der Waals surface area contributed by atoms with Gasteiger partial charge < -0.3 is 15.2 Å². The number of carbonyl (C=O) groups excluding carboxylic acids is 1. The first-order valence-electron chi connectivity index (χ1n) is 6.21. The lowest BCUT2D eigenvalue weighted by Gasteiger charge is -2.28. The van der Waals surface area contributed by atoms with Crippen molar-refractivity contribution < 1.29 is 28.2 Å². The van der Waals surface area contributed by atoms with Crippen LogP contribution in [0.2, 0.25) is 0 Å². The molecule has 0 fully saturated rings. The van der Waals surface area contributed by atoms with Crippen LogP contribution in [0.3, 0.4) is 0 Å². The molecule has 1 aromatic rings. The van der Waals surface area contributed by atoms with Gasteiger partial charge >= 0.3 is 5.97 Å². The van der Waals surface area contributed by atoms with E-state index in [2.05, 4.69) is 5.32 Å². The first kappa shape index (κ1) is 17.0. The molecule has 7 heteroatoms. The van der Waals surface area contributed by atoms with Gasteiger partial charge in [-0.2, -0.15) is 0 Å². The Labute approximate surface area is 120 Å². The second kappa shape index (κ2) is 7.12. The Morgan fingerprint density at radius 3 is 2.62 bits per heavy atom. The summed E-state index contributed by atoms with van der Waals surface area (Å²) in [7, 11) is 1.37. The molecule has 1 unspecified atom stereocenters. The lowest BCUT2D eigenvalue weighted by Crippen LogP contribution is -2.51. The van der Waals surface area contributed by atoms with Gasteiger partial charge in [-0.15, -0.1) is 0 Å². The van der Waals surface area contributed by atoms with Crippen molar-refractivity contribution in [1.29, 1.82) is 0 Å². The van der Waals surface area contributed by atoms with E-state index >= 15 is 0 Å². The zero-order valence-corrected chi connectivity index (χ0v) is 11.8. The molecule has 0 aliphatic heterocycles. The maximum atomic E-state index is 13.5. The Balaban J connectivity index is 2.78. The first-order valence-corrected chi connectivity index (χ1v) is 6.21. The molecule has 0 aliphatic rings. The van der Waals surface area contributed by atoms with Gasteiger partial charge in [-0.3, -0.25) is 9.59 Å². The third kappa shape index (κ3) is 5.47. The number of ether oxygens (including phenoxy) is 1. The minimum Gasteiger partial charge on any atom is -0.481 e. The van der Waals surface area contributed by atoms with E-state index in [0.717, 1.165) is 18.2 Å². The van der Waals surface area contributed by atoms with Crippen LogP contribution in [0.25, 0.3) is 0 Å². The van der Waals surface area contributed by atoms with Gasteiger partial charge in [0.25, 0.3) is 0 Å². The third-order valence-corrected chi connectivity index (χ3v) is 2.80. The van der Waals surface area contributed by atoms with Gasteiger partial charge in [-0.1, -0.05) is 0 Å². The molecule has 0 saturated heterocycles. The number of methoxy groups -OCH3 is 1. The van der Waals surface area contributed by atoms with E-state index in [-0.39, 0.29) is 25.0 Å². The number of amides is 1. The predicted octanol–water partition coefficient (Wildman–Crippen LogP) is 1.50. The van der Waals surface area contributed by atoms with Gasteiger partial charge in [0, 0.05) is 12.7 Å². The van der Waals surface area contributed by atoms with Crippen LogP contribution in [-0.2, 0) is 20.7 Å². The van der Waals surface area contributed by atoms with Crippen LogP contribution in [-0.4, -0.2) is 36.2 Å². The van der Waals surface area contributed by atoms with Crippen molar-refractivity contribution in [2.75, 3.05) is 13.7 Å². The number of aliphatic carboxylic acids is 1. The summed E-state index contributed by atoms with van der Waals surface area (Å²) >= 11 is 0. The molecule has 0 spiro atoms. The highest BCUT2D eigenvalue weighted by molar-refractivity contribution is 5.80. The number of carbonyl (C=O) groups is 2.